The smallest absolute Gasteiger partial charge is 0.328 e. The summed E-state index contributed by atoms with van der Waals surface area (Å²) >= 11 is 0. The lowest BCUT2D eigenvalue weighted by Gasteiger charge is -2.08. The van der Waals surface area contributed by atoms with E-state index in [9.17, 15) is 14.4 Å². The Morgan fingerprint density at radius 2 is 2.30 bits per heavy atom. The fourth-order valence-electron chi connectivity index (χ4n) is 1.83. The van der Waals surface area contributed by atoms with Gasteiger partial charge in [0.15, 0.2) is 11.2 Å². The number of nitrogens with zero attached hydrogens (tertiary/aromatic N) is 4. The van der Waals surface area contributed by atoms with E-state index in [1.54, 1.807) is 0 Å². The Hall–Kier alpha value is -2.18. The molecule has 0 aliphatic rings. The zero-order chi connectivity index (χ0) is 22.5. The lowest BCUT2D eigenvalue weighted by atomic mass is 10.2. The van der Waals surface area contributed by atoms with Crippen molar-refractivity contribution in [2.45, 2.75) is 32.6 Å². The van der Waals surface area contributed by atoms with Gasteiger partial charge in [0.1, 0.15) is 7.15 Å². The van der Waals surface area contributed by atoms with Crippen LogP contribution in [0, 0.1) is 0 Å². The number of hydrogen-bond donors (Lipinski definition) is 0. The molecule has 0 saturated heterocycles. The first-order valence-electron chi connectivity index (χ1n) is 10.2. The second-order valence-corrected chi connectivity index (χ2v) is 4.13. The third kappa shape index (κ3) is 2.43. The molecule has 0 atom stereocenters. The molecule has 0 N–H and O–H groups in total. The topological polar surface area (TPSA) is 78.9 Å². The van der Waals surface area contributed by atoms with E-state index < -0.39 is 62.1 Å². The maximum absolute atomic E-state index is 12.7. The van der Waals surface area contributed by atoms with Gasteiger partial charge < -0.3 is 9.36 Å². The summed E-state index contributed by atoms with van der Waals surface area (Å²) in [5, 5.41) is 0. The van der Waals surface area contributed by atoms with Crippen molar-refractivity contribution in [3.8, 4) is 0 Å². The average Bonchev–Trinajstić information content (AvgIpc) is 2.82. The molecule has 0 fully saturated rings. The zero-order valence-corrected chi connectivity index (χ0v) is 10.6. The fraction of sp³-hybridized carbons (Fsp3) is 0.538. The molecule has 2 heterocycles. The van der Waals surface area contributed by atoms with Gasteiger partial charge in [0.05, 0.1) is 6.30 Å². The number of ketones is 1. The van der Waals surface area contributed by atoms with E-state index in [2.05, 4.69) is 4.98 Å². The van der Waals surface area contributed by atoms with Gasteiger partial charge in [0.25, 0.3) is 5.56 Å². The molecule has 0 unspecified atom stereocenters. The van der Waals surface area contributed by atoms with Gasteiger partial charge in [0.2, 0.25) is 0 Å². The van der Waals surface area contributed by atoms with E-state index >= 15 is 0 Å². The highest BCUT2D eigenvalue weighted by Crippen LogP contribution is 2.04. The standard InChI is InChI=1S/C13H18N4O3/c1-9(18)6-4-5-7-17-12(19)10-11(14-8-15(10)2)16(3)13(17)20/h8H,4-7H2,1-3H3/i1D3,3D3,6D2,8D. The number of carbonyl (C=O) groups excluding carboxylic acids is 1. The normalized spacial score (nSPS) is 19.8. The van der Waals surface area contributed by atoms with Gasteiger partial charge >= 0.3 is 5.69 Å². The largest absolute Gasteiger partial charge is 0.332 e. The molecule has 7 nitrogen and oxygen atoms in total. The number of hydrogen-bond acceptors (Lipinski definition) is 4. The summed E-state index contributed by atoms with van der Waals surface area (Å²) in [6.45, 7) is -6.61. The highest BCUT2D eigenvalue weighted by molar-refractivity contribution is 5.75. The van der Waals surface area contributed by atoms with Crippen molar-refractivity contribution in [3.63, 3.8) is 0 Å². The Balaban J connectivity index is 2.50. The molecule has 0 spiro atoms. The predicted octanol–water partition coefficient (Wildman–Crippen LogP) is 0.193. The van der Waals surface area contributed by atoms with Gasteiger partial charge in [-0.05, 0) is 19.7 Å². The van der Waals surface area contributed by atoms with Crippen molar-refractivity contribution in [3.05, 3.63) is 27.1 Å². The van der Waals surface area contributed by atoms with Crippen LogP contribution in [-0.2, 0) is 25.4 Å². The third-order valence-corrected chi connectivity index (χ3v) is 2.78. The first-order chi connectivity index (χ1) is 13.0. The number of carbonyl (C=O) groups is 1. The molecule has 0 bridgehead atoms. The van der Waals surface area contributed by atoms with Crippen molar-refractivity contribution < 1.29 is 17.1 Å². The Bertz CT molecular complexity index is 1070. The summed E-state index contributed by atoms with van der Waals surface area (Å²) in [4.78, 5) is 40.7. The zero-order valence-electron chi connectivity index (χ0n) is 19.6. The van der Waals surface area contributed by atoms with Crippen molar-refractivity contribution in [1.29, 1.82) is 0 Å². The summed E-state index contributed by atoms with van der Waals surface area (Å²) in [7, 11) is 1.30. The molecule has 108 valence electrons. The molecule has 0 aliphatic heterocycles. The minimum Gasteiger partial charge on any atom is -0.328 e. The van der Waals surface area contributed by atoms with Crippen LogP contribution in [0.2, 0.25) is 0 Å². The van der Waals surface area contributed by atoms with E-state index in [1.807, 2.05) is 0 Å². The second kappa shape index (κ2) is 5.44. The molecule has 7 heteroatoms. The van der Waals surface area contributed by atoms with Crippen LogP contribution in [0.15, 0.2) is 15.9 Å². The number of fused-ring (bicyclic) bond motifs is 1. The molecule has 2 aromatic rings. The van der Waals surface area contributed by atoms with Crippen LogP contribution in [0.1, 0.15) is 38.4 Å². The first kappa shape index (κ1) is 6.51. The number of imidazole rings is 1. The van der Waals surface area contributed by atoms with Crippen LogP contribution in [0.25, 0.3) is 11.2 Å². The SMILES string of the molecule is [2H]c1nc2c(c(=O)n(CCCC([2H])([2H])C(=O)C([2H])([2H])[2H])c(=O)n2C([2H])([2H])[2H])n1C. The molecule has 2 rings (SSSR count). The van der Waals surface area contributed by atoms with Crippen LogP contribution in [0.5, 0.6) is 0 Å². The van der Waals surface area contributed by atoms with E-state index in [4.69, 9.17) is 12.3 Å². The predicted molar refractivity (Wildman–Crippen MR) is 74.7 cm³/mol. The lowest BCUT2D eigenvalue weighted by Crippen LogP contribution is -2.39. The average molecular weight is 287 g/mol. The van der Waals surface area contributed by atoms with Gasteiger partial charge in [-0.25, -0.2) is 9.78 Å². The van der Waals surface area contributed by atoms with Crippen molar-refractivity contribution in [2.75, 3.05) is 0 Å². The van der Waals surface area contributed by atoms with Gasteiger partial charge in [-0.2, -0.15) is 0 Å². The molecule has 0 amide bonds. The van der Waals surface area contributed by atoms with Gasteiger partial charge in [0, 0.05) is 37.9 Å². The Kier molecular flexibility index (Phi) is 1.77. The van der Waals surface area contributed by atoms with E-state index in [0.29, 0.717) is 9.13 Å². The molecule has 0 aromatic carbocycles. The summed E-state index contributed by atoms with van der Waals surface area (Å²) in [5.41, 5.74) is -2.94. The molecular formula is C13H18N4O3. The summed E-state index contributed by atoms with van der Waals surface area (Å²) < 4.78 is 68.5. The number of rotatable bonds is 5. The molecule has 2 aromatic heterocycles. The van der Waals surface area contributed by atoms with E-state index in [-0.39, 0.29) is 11.9 Å². The molecule has 0 aliphatic carbocycles. The minimum atomic E-state index is -3.15. The van der Waals surface area contributed by atoms with Crippen LogP contribution < -0.4 is 11.2 Å². The van der Waals surface area contributed by atoms with Crippen molar-refractivity contribution in [1.82, 2.24) is 18.7 Å². The fourth-order valence-corrected chi connectivity index (χ4v) is 1.83. The van der Waals surface area contributed by atoms with E-state index in [1.165, 1.54) is 7.05 Å². The molecule has 0 saturated carbocycles. The summed E-state index contributed by atoms with van der Waals surface area (Å²) in [5.74, 6) is -1.60. The quantitative estimate of drug-likeness (QED) is 0.786. The highest BCUT2D eigenvalue weighted by Gasteiger charge is 2.14. The van der Waals surface area contributed by atoms with Crippen LogP contribution >= 0.6 is 0 Å². The number of aryl methyl sites for hydroxylation is 2. The minimum absolute atomic E-state index is 0.290. The Labute approximate surface area is 128 Å². The van der Waals surface area contributed by atoms with Gasteiger partial charge in [-0.15, -0.1) is 0 Å². The molecule has 20 heavy (non-hydrogen) atoms. The van der Waals surface area contributed by atoms with Gasteiger partial charge in [-0.3, -0.25) is 13.9 Å². The van der Waals surface area contributed by atoms with Crippen LogP contribution in [-0.4, -0.2) is 24.5 Å². The second-order valence-electron chi connectivity index (χ2n) is 4.13. The van der Waals surface area contributed by atoms with Crippen molar-refractivity contribution >= 4 is 16.9 Å². The van der Waals surface area contributed by atoms with Crippen LogP contribution in [0.3, 0.4) is 0 Å². The summed E-state index contributed by atoms with van der Waals surface area (Å²) in [6.07, 6.45) is -4.05. The third-order valence-electron chi connectivity index (χ3n) is 2.78. The maximum Gasteiger partial charge on any atom is 0.332 e. The van der Waals surface area contributed by atoms with E-state index in [0.717, 1.165) is 4.57 Å². The van der Waals surface area contributed by atoms with Crippen LogP contribution in [0.4, 0.5) is 0 Å². The number of aromatic nitrogens is 4. The Morgan fingerprint density at radius 3 is 3.00 bits per heavy atom. The number of Topliss-reactive ketones (excluding diaryl/α,β-unsaturated/α-hetero) is 1. The van der Waals surface area contributed by atoms with Gasteiger partial charge in [-0.1, -0.05) is 0 Å². The van der Waals surface area contributed by atoms with Crippen molar-refractivity contribution in [2.24, 2.45) is 14.0 Å². The molecule has 0 radical (unpaired) electrons. The Morgan fingerprint density at radius 1 is 1.50 bits per heavy atom. The summed E-state index contributed by atoms with van der Waals surface area (Å²) in [6, 6.07) is 0. The highest BCUT2D eigenvalue weighted by atomic mass is 16.2. The monoisotopic (exact) mass is 287 g/mol. The lowest BCUT2D eigenvalue weighted by molar-refractivity contribution is -0.117. The first-order valence-corrected chi connectivity index (χ1v) is 5.74. The maximum atomic E-state index is 12.7. The molecular weight excluding hydrogens is 260 g/mol.